The summed E-state index contributed by atoms with van der Waals surface area (Å²) in [6.07, 6.45) is 4.50. The summed E-state index contributed by atoms with van der Waals surface area (Å²) in [4.78, 5) is 28.6. The predicted octanol–water partition coefficient (Wildman–Crippen LogP) is 4.90. The van der Waals surface area contributed by atoms with E-state index >= 15 is 0 Å². The van der Waals surface area contributed by atoms with Crippen molar-refractivity contribution < 1.29 is 4.79 Å². The SMILES string of the molecule is Cc1nn(-c2ccccc2)c2c1c(C)c(CCC(=O)Nc1ccc(CN3CCCCC3)cc1)c(=O)n2C. The second-order valence-electron chi connectivity index (χ2n) is 10.1. The minimum Gasteiger partial charge on any atom is -0.326 e. The van der Waals surface area contributed by atoms with E-state index in [9.17, 15) is 9.59 Å². The molecule has 0 atom stereocenters. The van der Waals surface area contributed by atoms with E-state index < -0.39 is 0 Å². The molecular formula is C30H35N5O2. The Balaban J connectivity index is 1.29. The minimum atomic E-state index is -0.0953. The maximum absolute atomic E-state index is 13.4. The number of nitrogens with zero attached hydrogens (tertiary/aromatic N) is 4. The first-order chi connectivity index (χ1) is 17.9. The van der Waals surface area contributed by atoms with Crippen LogP contribution in [0, 0.1) is 13.8 Å². The number of hydrogen-bond donors (Lipinski definition) is 1. The Bertz CT molecular complexity index is 1460. The highest BCUT2D eigenvalue weighted by Crippen LogP contribution is 2.26. The molecule has 1 aliphatic rings. The molecule has 1 saturated heterocycles. The van der Waals surface area contributed by atoms with Crippen LogP contribution in [0.15, 0.2) is 59.4 Å². The summed E-state index contributed by atoms with van der Waals surface area (Å²) in [6, 6.07) is 17.9. The highest BCUT2D eigenvalue weighted by atomic mass is 16.1. The van der Waals surface area contributed by atoms with Crippen LogP contribution in [0.25, 0.3) is 16.7 Å². The van der Waals surface area contributed by atoms with Gasteiger partial charge in [0.1, 0.15) is 5.65 Å². The molecule has 0 spiro atoms. The lowest BCUT2D eigenvalue weighted by molar-refractivity contribution is -0.116. The number of rotatable bonds is 7. The molecule has 1 N–H and O–H groups in total. The number of para-hydroxylation sites is 1. The number of piperidine rings is 1. The summed E-state index contributed by atoms with van der Waals surface area (Å²) in [5.41, 5.74) is 6.06. The zero-order valence-corrected chi connectivity index (χ0v) is 22.0. The number of nitrogens with one attached hydrogen (secondary N) is 1. The number of amides is 1. The lowest BCUT2D eigenvalue weighted by Gasteiger charge is -2.26. The standard InChI is InChI=1S/C30H35N5O2/c1-21-26(30(37)33(3)29-28(21)22(2)32-35(29)25-10-6-4-7-11-25)16-17-27(36)31-24-14-12-23(13-15-24)20-34-18-8-5-9-19-34/h4,6-7,10-15H,5,8-9,16-20H2,1-3H3,(H,31,36). The largest absolute Gasteiger partial charge is 0.326 e. The van der Waals surface area contributed by atoms with Crippen LogP contribution in [-0.4, -0.2) is 38.2 Å². The summed E-state index contributed by atoms with van der Waals surface area (Å²) in [5, 5.41) is 8.69. The van der Waals surface area contributed by atoms with Crippen molar-refractivity contribution in [3.05, 3.63) is 87.3 Å². The molecule has 0 saturated carbocycles. The molecule has 2 aromatic heterocycles. The van der Waals surface area contributed by atoms with E-state index in [1.807, 2.05) is 61.0 Å². The first-order valence-corrected chi connectivity index (χ1v) is 13.2. The number of aromatic nitrogens is 3. The van der Waals surface area contributed by atoms with E-state index in [-0.39, 0.29) is 17.9 Å². The smallest absolute Gasteiger partial charge is 0.255 e. The monoisotopic (exact) mass is 497 g/mol. The van der Waals surface area contributed by atoms with Gasteiger partial charge in [-0.3, -0.25) is 19.1 Å². The van der Waals surface area contributed by atoms with Gasteiger partial charge in [0.25, 0.3) is 5.56 Å². The molecule has 1 aliphatic heterocycles. The summed E-state index contributed by atoms with van der Waals surface area (Å²) in [5.74, 6) is -0.0953. The van der Waals surface area contributed by atoms with E-state index in [1.165, 1.54) is 24.8 Å². The van der Waals surface area contributed by atoms with Gasteiger partial charge in [-0.1, -0.05) is 36.8 Å². The van der Waals surface area contributed by atoms with Gasteiger partial charge in [-0.25, -0.2) is 4.68 Å². The zero-order chi connectivity index (χ0) is 25.9. The van der Waals surface area contributed by atoms with Crippen molar-refractivity contribution in [2.75, 3.05) is 18.4 Å². The molecule has 0 radical (unpaired) electrons. The van der Waals surface area contributed by atoms with Gasteiger partial charge in [0.2, 0.25) is 5.91 Å². The fraction of sp³-hybridized carbons (Fsp3) is 0.367. The van der Waals surface area contributed by atoms with Crippen LogP contribution in [0.2, 0.25) is 0 Å². The Morgan fingerprint density at radius 3 is 2.38 bits per heavy atom. The lowest BCUT2D eigenvalue weighted by Crippen LogP contribution is -2.29. The summed E-state index contributed by atoms with van der Waals surface area (Å²) >= 11 is 0. The van der Waals surface area contributed by atoms with Crippen LogP contribution in [0.3, 0.4) is 0 Å². The number of likely N-dealkylation sites (tertiary alicyclic amines) is 1. The Kier molecular flexibility index (Phi) is 7.24. The van der Waals surface area contributed by atoms with Crippen LogP contribution in [0.1, 0.15) is 48.1 Å². The Hall–Kier alpha value is -3.71. The van der Waals surface area contributed by atoms with Crippen molar-refractivity contribution in [3.8, 4) is 5.69 Å². The molecular weight excluding hydrogens is 462 g/mol. The number of carbonyl (C=O) groups is 1. The van der Waals surface area contributed by atoms with Crippen LogP contribution in [-0.2, 0) is 24.8 Å². The van der Waals surface area contributed by atoms with E-state index in [1.54, 1.807) is 11.6 Å². The van der Waals surface area contributed by atoms with Gasteiger partial charge in [0.15, 0.2) is 0 Å². The Labute approximate surface area is 217 Å². The van der Waals surface area contributed by atoms with E-state index in [0.717, 1.165) is 53.3 Å². The quantitative estimate of drug-likeness (QED) is 0.394. The molecule has 4 aromatic rings. The molecule has 0 bridgehead atoms. The van der Waals surface area contributed by atoms with Crippen molar-refractivity contribution in [3.63, 3.8) is 0 Å². The van der Waals surface area contributed by atoms with Crippen molar-refractivity contribution in [2.24, 2.45) is 7.05 Å². The third kappa shape index (κ3) is 5.23. The molecule has 1 fully saturated rings. The number of benzene rings is 2. The second kappa shape index (κ2) is 10.7. The maximum Gasteiger partial charge on any atom is 0.255 e. The Morgan fingerprint density at radius 2 is 1.68 bits per heavy atom. The van der Waals surface area contributed by atoms with Gasteiger partial charge in [-0.15, -0.1) is 0 Å². The highest BCUT2D eigenvalue weighted by molar-refractivity contribution is 5.91. The van der Waals surface area contributed by atoms with Gasteiger partial charge >= 0.3 is 0 Å². The normalized spacial score (nSPS) is 14.2. The van der Waals surface area contributed by atoms with E-state index in [2.05, 4.69) is 22.3 Å². The number of fused-ring (bicyclic) bond motifs is 1. The average molecular weight is 498 g/mol. The molecule has 2 aromatic carbocycles. The summed E-state index contributed by atoms with van der Waals surface area (Å²) < 4.78 is 3.48. The average Bonchev–Trinajstić information content (AvgIpc) is 3.27. The first kappa shape index (κ1) is 25.0. The Morgan fingerprint density at radius 1 is 0.973 bits per heavy atom. The van der Waals surface area contributed by atoms with Crippen LogP contribution >= 0.6 is 0 Å². The third-order valence-electron chi connectivity index (χ3n) is 7.44. The molecule has 37 heavy (non-hydrogen) atoms. The third-order valence-corrected chi connectivity index (χ3v) is 7.44. The van der Waals surface area contributed by atoms with Crippen molar-refractivity contribution in [1.82, 2.24) is 19.2 Å². The van der Waals surface area contributed by atoms with Crippen LogP contribution in [0.5, 0.6) is 0 Å². The molecule has 5 rings (SSSR count). The highest BCUT2D eigenvalue weighted by Gasteiger charge is 2.20. The van der Waals surface area contributed by atoms with Gasteiger partial charge in [0, 0.05) is 36.7 Å². The van der Waals surface area contributed by atoms with Crippen molar-refractivity contribution in [2.45, 2.75) is 52.5 Å². The van der Waals surface area contributed by atoms with Gasteiger partial charge < -0.3 is 5.32 Å². The molecule has 0 aliphatic carbocycles. The number of aryl methyl sites for hydroxylation is 3. The molecule has 3 heterocycles. The number of hydrogen-bond acceptors (Lipinski definition) is 4. The van der Waals surface area contributed by atoms with E-state index in [4.69, 9.17) is 5.10 Å². The topological polar surface area (TPSA) is 72.2 Å². The lowest BCUT2D eigenvalue weighted by atomic mass is 10.0. The predicted molar refractivity (Wildman–Crippen MR) is 148 cm³/mol. The fourth-order valence-electron chi connectivity index (χ4n) is 5.45. The van der Waals surface area contributed by atoms with Crippen molar-refractivity contribution >= 4 is 22.6 Å². The van der Waals surface area contributed by atoms with Crippen LogP contribution in [0.4, 0.5) is 5.69 Å². The second-order valence-corrected chi connectivity index (χ2v) is 10.1. The summed E-state index contributed by atoms with van der Waals surface area (Å²) in [6.45, 7) is 7.21. The summed E-state index contributed by atoms with van der Waals surface area (Å²) in [7, 11) is 1.78. The number of pyridine rings is 1. The van der Waals surface area contributed by atoms with E-state index in [0.29, 0.717) is 12.0 Å². The molecule has 1 amide bonds. The molecule has 7 heteroatoms. The fourth-order valence-corrected chi connectivity index (χ4v) is 5.45. The number of carbonyl (C=O) groups excluding carboxylic acids is 1. The first-order valence-electron chi connectivity index (χ1n) is 13.2. The minimum absolute atomic E-state index is 0.0862. The van der Waals surface area contributed by atoms with Crippen molar-refractivity contribution in [1.29, 1.82) is 0 Å². The molecule has 0 unspecified atom stereocenters. The van der Waals surface area contributed by atoms with Crippen LogP contribution < -0.4 is 10.9 Å². The van der Waals surface area contributed by atoms with Gasteiger partial charge in [0.05, 0.1) is 11.4 Å². The molecule has 7 nitrogen and oxygen atoms in total. The van der Waals surface area contributed by atoms with Gasteiger partial charge in [-0.05, 0) is 81.6 Å². The van der Waals surface area contributed by atoms with Gasteiger partial charge in [-0.2, -0.15) is 5.10 Å². The molecule has 192 valence electrons. The maximum atomic E-state index is 13.4. The number of anilines is 1. The zero-order valence-electron chi connectivity index (χ0n) is 22.0.